The number of anilines is 4. The molecule has 2 fully saturated rings. The quantitative estimate of drug-likeness (QED) is 0.0109. The van der Waals surface area contributed by atoms with Crippen LogP contribution in [0.25, 0.3) is 22.5 Å². The number of ether oxygens (including phenoxy) is 3. The third kappa shape index (κ3) is 28.6. The number of nitrogens with one attached hydrogen (secondary N) is 4. The minimum atomic E-state index is -4.50. The number of likely N-dealkylation sites (N-methyl/N-ethyl adjacent to an activating group) is 2. The highest BCUT2D eigenvalue weighted by Gasteiger charge is 2.32. The highest BCUT2D eigenvalue weighted by Crippen LogP contribution is 2.38. The van der Waals surface area contributed by atoms with Crippen LogP contribution in [0.5, 0.6) is 0 Å². The molecule has 0 radical (unpaired) electrons. The summed E-state index contributed by atoms with van der Waals surface area (Å²) in [6.45, 7) is 10.2. The lowest BCUT2D eigenvalue weighted by Gasteiger charge is -2.29. The van der Waals surface area contributed by atoms with Crippen LogP contribution in [0.4, 0.5) is 49.1 Å². The second-order valence-corrected chi connectivity index (χ2v) is 33.4. The van der Waals surface area contributed by atoms with E-state index in [1.807, 2.05) is 130 Å². The second-order valence-electron chi connectivity index (χ2n) is 31.3. The molecule has 660 valence electrons. The van der Waals surface area contributed by atoms with E-state index in [2.05, 4.69) is 41.0 Å². The standard InChI is InChI=1S/C50H54F3N5O6S.C46H46F3N5O6S/c1-49(2,3)64-45(59)20-25-63-26-24-57(4)48(62)38-14-10-16-41(29-38)65-33-35-12-8-13-36(27-35)47(61)56-43-18-17-40(58-22-6-5-7-23-58)31-42(43)44-30-37(19-21-54-44)46(60)55-32-34-11-9-15-39(28-34)50(51,52)53;1-53(21-23-60-22-17-42(55)56)45(59)35-11-7-13-38(26-35)61-30-32-9-5-10-33(24-32)44(58)52-40-15-14-37(54-19-3-2-4-20-54)28-39(40)41-27-34(16-18-50-41)43(57)51-29-31-8-6-12-36(25-31)46(47,48)49/h8-19,21,27-31H,5-7,20,22-26,32-33H2,1-4H3,(H,55,60)(H,56,61);5-16,18,24-28H,2-4,17,19-23,29-30H2,1H3,(H,51,57)(H,52,58)(H,55,56). The molecule has 0 saturated carbocycles. The Kier molecular flexibility index (Phi) is 33.7. The third-order valence-electron chi connectivity index (χ3n) is 20.5. The number of nitrogens with zero attached hydrogens (tertiary/aromatic N) is 6. The number of pyridine rings is 2. The van der Waals surface area contributed by atoms with Crippen molar-refractivity contribution in [3.63, 3.8) is 0 Å². The average Bonchev–Trinajstić information content (AvgIpc) is 0.799. The topological polar surface area (TPSA) is 271 Å². The fraction of sp³-hybridized carbons (Fsp3) is 0.312. The van der Waals surface area contributed by atoms with Crippen LogP contribution >= 0.6 is 23.5 Å². The summed E-state index contributed by atoms with van der Waals surface area (Å²) in [6, 6.07) is 56.6. The number of halogens is 6. The molecule has 0 spiro atoms. The Balaban J connectivity index is 0.000000245. The van der Waals surface area contributed by atoms with Gasteiger partial charge in [-0.3, -0.25) is 48.3 Å². The Hall–Kier alpha value is -12.4. The van der Waals surface area contributed by atoms with E-state index in [-0.39, 0.29) is 93.1 Å². The van der Waals surface area contributed by atoms with Crippen LogP contribution in [0.3, 0.4) is 0 Å². The molecule has 5 N–H and O–H groups in total. The number of aromatic nitrogens is 2. The number of carboxylic acids is 1. The van der Waals surface area contributed by atoms with Gasteiger partial charge in [0.05, 0.1) is 73.2 Å². The lowest BCUT2D eigenvalue weighted by Crippen LogP contribution is -2.30. The van der Waals surface area contributed by atoms with Gasteiger partial charge in [0.25, 0.3) is 35.4 Å². The van der Waals surface area contributed by atoms with Gasteiger partial charge in [-0.1, -0.05) is 60.7 Å². The van der Waals surface area contributed by atoms with E-state index in [1.165, 1.54) is 77.2 Å². The molecule has 0 unspecified atom stereocenters. The number of hydrogen-bond donors (Lipinski definition) is 5. The zero-order valence-electron chi connectivity index (χ0n) is 70.5. The van der Waals surface area contributed by atoms with Crippen molar-refractivity contribution in [3.05, 3.63) is 285 Å². The number of aliphatic carboxylic acids is 1. The van der Waals surface area contributed by atoms with Gasteiger partial charge in [0.1, 0.15) is 5.60 Å². The zero-order valence-corrected chi connectivity index (χ0v) is 72.2. The first kappa shape index (κ1) is 94.3. The van der Waals surface area contributed by atoms with Crippen molar-refractivity contribution in [1.82, 2.24) is 30.4 Å². The lowest BCUT2D eigenvalue weighted by molar-refractivity contribution is -0.156. The molecule has 22 nitrogen and oxygen atoms in total. The predicted octanol–water partition coefficient (Wildman–Crippen LogP) is 18.8. The average molecular weight is 1760 g/mol. The number of carbonyl (C=O) groups excluding carboxylic acids is 7. The second kappa shape index (κ2) is 45.0. The Morgan fingerprint density at radius 1 is 0.429 bits per heavy atom. The van der Waals surface area contributed by atoms with Crippen LogP contribution in [-0.2, 0) is 60.7 Å². The van der Waals surface area contributed by atoms with Crippen molar-refractivity contribution >= 4 is 93.7 Å². The predicted molar refractivity (Wildman–Crippen MR) is 476 cm³/mol. The van der Waals surface area contributed by atoms with E-state index in [9.17, 15) is 64.7 Å². The summed E-state index contributed by atoms with van der Waals surface area (Å²) in [7, 11) is 3.36. The molecule has 2 aliphatic heterocycles. The van der Waals surface area contributed by atoms with Crippen molar-refractivity contribution in [1.29, 1.82) is 0 Å². The van der Waals surface area contributed by atoms with Crippen LogP contribution in [0, 0.1) is 0 Å². The minimum Gasteiger partial charge on any atom is -0.481 e. The Labute approximate surface area is 736 Å². The van der Waals surface area contributed by atoms with Crippen LogP contribution in [0.15, 0.2) is 228 Å². The molecule has 2 saturated heterocycles. The summed E-state index contributed by atoms with van der Waals surface area (Å²) in [5.74, 6) is -2.25. The molecule has 8 aromatic carbocycles. The highest BCUT2D eigenvalue weighted by atomic mass is 32.2. The first-order chi connectivity index (χ1) is 60.4. The van der Waals surface area contributed by atoms with E-state index in [0.29, 0.717) is 91.9 Å². The summed E-state index contributed by atoms with van der Waals surface area (Å²) < 4.78 is 95.8. The van der Waals surface area contributed by atoms with Crippen LogP contribution in [0.2, 0.25) is 0 Å². The summed E-state index contributed by atoms with van der Waals surface area (Å²) in [5, 5.41) is 20.3. The summed E-state index contributed by atoms with van der Waals surface area (Å²) in [6.07, 6.45) is 0.525. The zero-order chi connectivity index (χ0) is 89.9. The van der Waals surface area contributed by atoms with Gasteiger partial charge in [-0.25, -0.2) is 0 Å². The molecule has 0 bridgehead atoms. The van der Waals surface area contributed by atoms with E-state index in [4.69, 9.17) is 19.3 Å². The third-order valence-corrected chi connectivity index (χ3v) is 22.6. The molecule has 0 atom stereocenters. The number of amides is 6. The number of esters is 1. The van der Waals surface area contributed by atoms with E-state index >= 15 is 0 Å². The maximum atomic E-state index is 13.9. The number of rotatable bonds is 34. The molecule has 10 aromatic rings. The summed E-state index contributed by atoms with van der Waals surface area (Å²) >= 11 is 3.05. The largest absolute Gasteiger partial charge is 0.481 e. The summed E-state index contributed by atoms with van der Waals surface area (Å²) in [5.41, 5.74) is 7.60. The van der Waals surface area contributed by atoms with Gasteiger partial charge in [0, 0.05) is 156 Å². The number of benzene rings is 8. The molecule has 30 heteroatoms. The molecule has 0 aliphatic carbocycles. The van der Waals surface area contributed by atoms with Gasteiger partial charge in [-0.2, -0.15) is 26.3 Å². The van der Waals surface area contributed by atoms with Gasteiger partial charge >= 0.3 is 24.3 Å². The van der Waals surface area contributed by atoms with Gasteiger partial charge < -0.3 is 60.2 Å². The monoisotopic (exact) mass is 1760 g/mol. The lowest BCUT2D eigenvalue weighted by atomic mass is 10.0. The first-order valence-corrected chi connectivity index (χ1v) is 43.3. The van der Waals surface area contributed by atoms with E-state index in [0.717, 1.165) is 121 Å². The van der Waals surface area contributed by atoms with Crippen LogP contribution < -0.4 is 31.1 Å². The number of hydrogen-bond acceptors (Lipinski definition) is 17. The van der Waals surface area contributed by atoms with Crippen molar-refractivity contribution < 1.29 is 84.0 Å². The van der Waals surface area contributed by atoms with Crippen LogP contribution in [-0.4, -0.2) is 158 Å². The number of thioether (sulfide) groups is 2. The number of carboxylic acid groups (broad SMARTS) is 1. The fourth-order valence-electron chi connectivity index (χ4n) is 13.8. The smallest absolute Gasteiger partial charge is 0.416 e. The molecule has 2 aliphatic rings. The molecule has 126 heavy (non-hydrogen) atoms. The van der Waals surface area contributed by atoms with Crippen LogP contribution in [0.1, 0.15) is 168 Å². The van der Waals surface area contributed by atoms with Crippen molar-refractivity contribution in [2.24, 2.45) is 0 Å². The number of alkyl halides is 6. The van der Waals surface area contributed by atoms with Crippen molar-refractivity contribution in [2.75, 3.05) is 100 Å². The number of piperidine rings is 2. The van der Waals surface area contributed by atoms with Crippen molar-refractivity contribution in [3.8, 4) is 22.5 Å². The molecule has 6 amide bonds. The molecular weight excluding hydrogens is 1660 g/mol. The highest BCUT2D eigenvalue weighted by molar-refractivity contribution is 7.98. The minimum absolute atomic E-state index is 0.0775. The molecule has 4 heterocycles. The van der Waals surface area contributed by atoms with Gasteiger partial charge in [-0.05, 0) is 227 Å². The van der Waals surface area contributed by atoms with Gasteiger partial charge in [0.15, 0.2) is 0 Å². The maximum Gasteiger partial charge on any atom is 0.416 e. The Bertz CT molecular complexity index is 5490. The first-order valence-electron chi connectivity index (χ1n) is 41.3. The Morgan fingerprint density at radius 2 is 0.817 bits per heavy atom. The van der Waals surface area contributed by atoms with E-state index < -0.39 is 46.9 Å². The normalized spacial score (nSPS) is 12.8. The Morgan fingerprint density at radius 3 is 1.23 bits per heavy atom. The van der Waals surface area contributed by atoms with Crippen molar-refractivity contribution in [2.45, 2.75) is 124 Å². The van der Waals surface area contributed by atoms with E-state index in [1.54, 1.807) is 55.4 Å². The molecule has 12 rings (SSSR count). The maximum absolute atomic E-state index is 13.9. The summed E-state index contributed by atoms with van der Waals surface area (Å²) in [4.78, 5) is 122. The molecular formula is C96H100F6N10O12S2. The van der Waals surface area contributed by atoms with Gasteiger partial charge in [-0.15, -0.1) is 23.5 Å². The fourth-order valence-corrected chi connectivity index (χ4v) is 15.6. The number of carbonyl (C=O) groups is 8. The molecule has 2 aromatic heterocycles. The van der Waals surface area contributed by atoms with Gasteiger partial charge in [0.2, 0.25) is 0 Å². The SMILES string of the molecule is CN(CCOCCC(=O)O)C(=O)c1cccc(SCc2cccc(C(=O)Nc3ccc(N4CCCCC4)cc3-c3cc(C(=O)NCc4cccc(C(F)(F)F)c4)ccn3)c2)c1.CN(CCOCCC(=O)OC(C)(C)C)C(=O)c1cccc(SCc2cccc(C(=O)Nc3ccc(N4CCCCC4)cc3-c3cc(C(=O)NCc4cccc(C(F)(F)F)c4)ccn3)c2)c1.